The van der Waals surface area contributed by atoms with Gasteiger partial charge in [0, 0.05) is 0 Å². The lowest BCUT2D eigenvalue weighted by molar-refractivity contribution is 0.121. The lowest BCUT2D eigenvalue weighted by Crippen LogP contribution is -1.94. The van der Waals surface area contributed by atoms with Crippen molar-refractivity contribution in [1.29, 1.82) is 0 Å². The summed E-state index contributed by atoms with van der Waals surface area (Å²) in [6.45, 7) is 1.01. The van der Waals surface area contributed by atoms with Gasteiger partial charge in [0.2, 0.25) is 0 Å². The predicted molar refractivity (Wildman–Crippen MR) is 21.5 cm³/mol. The van der Waals surface area contributed by atoms with E-state index in [1.807, 2.05) is 0 Å². The number of ether oxygens (including phenoxy) is 1. The summed E-state index contributed by atoms with van der Waals surface area (Å²) >= 11 is 0. The van der Waals surface area contributed by atoms with Gasteiger partial charge in [-0.15, -0.1) is 4.91 Å². The summed E-state index contributed by atoms with van der Waals surface area (Å²) in [6.07, 6.45) is 0.137. The van der Waals surface area contributed by atoms with E-state index in [4.69, 9.17) is 0 Å². The number of hydrogen-bond acceptors (Lipinski definition) is 4. The molecule has 0 aromatic rings. The highest BCUT2D eigenvalue weighted by Crippen LogP contribution is 2.07. The summed E-state index contributed by atoms with van der Waals surface area (Å²) in [5.41, 5.74) is 0. The zero-order valence-corrected chi connectivity index (χ0v) is 3.66. The summed E-state index contributed by atoms with van der Waals surface area (Å²) < 4.78 is 4.69. The van der Waals surface area contributed by atoms with Gasteiger partial charge in [0.05, 0.1) is 6.61 Å². The molecule has 0 radical (unpaired) electrons. The van der Waals surface area contributed by atoms with Crippen LogP contribution in [0.5, 0.6) is 0 Å². The second-order valence-corrected chi connectivity index (χ2v) is 1.33. The van der Waals surface area contributed by atoms with E-state index < -0.39 is 0 Å². The molecular formula is C3H5NO3. The third-order valence-corrected chi connectivity index (χ3v) is 0.716. The predicted octanol–water partition coefficient (Wildman–Crippen LogP) is 0.0832. The van der Waals surface area contributed by atoms with E-state index in [1.54, 1.807) is 0 Å². The van der Waals surface area contributed by atoms with Gasteiger partial charge in [-0.1, -0.05) is 0 Å². The van der Waals surface area contributed by atoms with Crippen LogP contribution >= 0.6 is 0 Å². The van der Waals surface area contributed by atoms with E-state index in [1.165, 1.54) is 0 Å². The highest BCUT2D eigenvalue weighted by atomic mass is 16.7. The standard InChI is InChI=1S/C3H5NO3/c5-4-7-2-3-1-6-3/h3H,1-2H2. The second kappa shape index (κ2) is 1.88. The Morgan fingerprint density at radius 2 is 2.71 bits per heavy atom. The summed E-state index contributed by atoms with van der Waals surface area (Å²) in [5.74, 6) is 0. The van der Waals surface area contributed by atoms with Gasteiger partial charge in [0.15, 0.2) is 5.34 Å². The normalized spacial score (nSPS) is 26.6. The lowest BCUT2D eigenvalue weighted by atomic mass is 10.5. The Morgan fingerprint density at radius 1 is 2.00 bits per heavy atom. The average Bonchev–Trinajstić information content (AvgIpc) is 2.42. The van der Waals surface area contributed by atoms with Gasteiger partial charge < -0.3 is 9.57 Å². The van der Waals surface area contributed by atoms with Crippen molar-refractivity contribution in [2.24, 2.45) is 5.34 Å². The minimum atomic E-state index is 0.137. The Morgan fingerprint density at radius 3 is 3.14 bits per heavy atom. The zero-order chi connectivity index (χ0) is 5.11. The topological polar surface area (TPSA) is 51.2 Å². The molecule has 1 aliphatic rings. The fraction of sp³-hybridized carbons (Fsp3) is 1.00. The Hall–Kier alpha value is -0.640. The van der Waals surface area contributed by atoms with E-state index in [0.29, 0.717) is 13.2 Å². The van der Waals surface area contributed by atoms with Crippen molar-refractivity contribution >= 4 is 0 Å². The van der Waals surface area contributed by atoms with Crippen LogP contribution in [0.4, 0.5) is 0 Å². The fourth-order valence-corrected chi connectivity index (χ4v) is 0.278. The Balaban J connectivity index is 1.88. The molecule has 0 aromatic heterocycles. The van der Waals surface area contributed by atoms with Gasteiger partial charge in [0.1, 0.15) is 12.7 Å². The first kappa shape index (κ1) is 4.52. The van der Waals surface area contributed by atoms with Crippen LogP contribution in [-0.4, -0.2) is 19.3 Å². The van der Waals surface area contributed by atoms with Crippen LogP contribution in [0.25, 0.3) is 0 Å². The highest BCUT2D eigenvalue weighted by molar-refractivity contribution is 4.66. The van der Waals surface area contributed by atoms with Gasteiger partial charge >= 0.3 is 0 Å². The van der Waals surface area contributed by atoms with Gasteiger partial charge in [-0.3, -0.25) is 0 Å². The van der Waals surface area contributed by atoms with E-state index in [9.17, 15) is 4.91 Å². The molecule has 4 nitrogen and oxygen atoms in total. The van der Waals surface area contributed by atoms with Gasteiger partial charge in [-0.25, -0.2) is 0 Å². The maximum atomic E-state index is 9.21. The largest absolute Gasteiger partial charge is 0.369 e. The summed E-state index contributed by atoms with van der Waals surface area (Å²) in [4.78, 5) is 13.3. The van der Waals surface area contributed by atoms with E-state index in [0.717, 1.165) is 0 Å². The van der Waals surface area contributed by atoms with Crippen molar-refractivity contribution in [2.45, 2.75) is 6.10 Å². The van der Waals surface area contributed by atoms with E-state index in [-0.39, 0.29) is 6.10 Å². The minimum Gasteiger partial charge on any atom is -0.369 e. The molecule has 40 valence electrons. The molecule has 1 unspecified atom stereocenters. The smallest absolute Gasteiger partial charge is 0.155 e. The van der Waals surface area contributed by atoms with Crippen molar-refractivity contribution in [3.05, 3.63) is 4.91 Å². The van der Waals surface area contributed by atoms with Crippen LogP contribution in [0.15, 0.2) is 5.34 Å². The van der Waals surface area contributed by atoms with Crippen LogP contribution in [0.2, 0.25) is 0 Å². The number of rotatable bonds is 3. The quantitative estimate of drug-likeness (QED) is 0.289. The Labute approximate surface area is 40.3 Å². The van der Waals surface area contributed by atoms with Crippen molar-refractivity contribution in [3.8, 4) is 0 Å². The lowest BCUT2D eigenvalue weighted by Gasteiger charge is -1.83. The molecule has 0 aliphatic carbocycles. The average molecular weight is 103 g/mol. The number of nitrogens with zero attached hydrogens (tertiary/aromatic N) is 1. The molecule has 1 rings (SSSR count). The molecule has 0 aromatic carbocycles. The monoisotopic (exact) mass is 103 g/mol. The fourth-order valence-electron chi connectivity index (χ4n) is 0.278. The van der Waals surface area contributed by atoms with Crippen molar-refractivity contribution in [1.82, 2.24) is 0 Å². The first-order valence-electron chi connectivity index (χ1n) is 1.99. The van der Waals surface area contributed by atoms with Crippen LogP contribution in [0.3, 0.4) is 0 Å². The molecular weight excluding hydrogens is 98.0 g/mol. The zero-order valence-electron chi connectivity index (χ0n) is 3.66. The molecule has 0 N–H and O–H groups in total. The van der Waals surface area contributed by atoms with Crippen LogP contribution in [0.1, 0.15) is 0 Å². The molecule has 1 saturated heterocycles. The number of hydrogen-bond donors (Lipinski definition) is 0. The first-order valence-corrected chi connectivity index (χ1v) is 1.99. The summed E-state index contributed by atoms with van der Waals surface area (Å²) in [7, 11) is 0. The van der Waals surface area contributed by atoms with Gasteiger partial charge in [-0.2, -0.15) is 0 Å². The maximum absolute atomic E-state index is 9.21. The van der Waals surface area contributed by atoms with Gasteiger partial charge in [-0.05, 0) is 0 Å². The molecule has 0 spiro atoms. The second-order valence-electron chi connectivity index (χ2n) is 1.33. The summed E-state index contributed by atoms with van der Waals surface area (Å²) in [5, 5.41) is 2.19. The van der Waals surface area contributed by atoms with Gasteiger partial charge in [0.25, 0.3) is 0 Å². The number of epoxide rings is 1. The molecule has 1 atom stereocenters. The molecule has 0 saturated carbocycles. The highest BCUT2D eigenvalue weighted by Gasteiger charge is 2.23. The minimum absolute atomic E-state index is 0.137. The van der Waals surface area contributed by atoms with Crippen molar-refractivity contribution in [2.75, 3.05) is 13.2 Å². The van der Waals surface area contributed by atoms with Crippen LogP contribution < -0.4 is 0 Å². The molecule has 7 heavy (non-hydrogen) atoms. The van der Waals surface area contributed by atoms with Crippen LogP contribution in [0, 0.1) is 4.91 Å². The first-order chi connectivity index (χ1) is 3.43. The van der Waals surface area contributed by atoms with E-state index in [2.05, 4.69) is 14.9 Å². The third-order valence-electron chi connectivity index (χ3n) is 0.716. The Bertz CT molecular complexity index is 70.6. The van der Waals surface area contributed by atoms with Crippen molar-refractivity contribution in [3.63, 3.8) is 0 Å². The SMILES string of the molecule is O=NOCC1CO1. The molecule has 0 bridgehead atoms. The molecule has 4 heteroatoms. The molecule has 0 amide bonds. The maximum Gasteiger partial charge on any atom is 0.155 e. The summed E-state index contributed by atoms with van der Waals surface area (Å²) in [6, 6.07) is 0. The van der Waals surface area contributed by atoms with Crippen LogP contribution in [-0.2, 0) is 9.57 Å². The van der Waals surface area contributed by atoms with Crippen molar-refractivity contribution < 1.29 is 9.57 Å². The molecule has 1 aliphatic heterocycles. The molecule has 1 heterocycles. The van der Waals surface area contributed by atoms with E-state index >= 15 is 0 Å². The Kier molecular flexibility index (Phi) is 1.21. The third kappa shape index (κ3) is 1.50. The molecule has 1 fully saturated rings.